The van der Waals surface area contributed by atoms with Crippen molar-refractivity contribution in [2.75, 3.05) is 13.6 Å². The van der Waals surface area contributed by atoms with Crippen LogP contribution >= 0.6 is 0 Å². The van der Waals surface area contributed by atoms with Crippen LogP contribution in [0.2, 0.25) is 0 Å². The first-order valence-corrected chi connectivity index (χ1v) is 5.25. The minimum Gasteiger partial charge on any atom is -0.335 e. The van der Waals surface area contributed by atoms with Crippen molar-refractivity contribution in [3.63, 3.8) is 0 Å². The lowest BCUT2D eigenvalue weighted by molar-refractivity contribution is 0.203. The highest BCUT2D eigenvalue weighted by atomic mass is 16.2. The Bertz CT molecular complexity index is 164. The fourth-order valence-corrected chi connectivity index (χ4v) is 1.68. The van der Waals surface area contributed by atoms with E-state index in [2.05, 4.69) is 5.32 Å². The maximum Gasteiger partial charge on any atom is 0.317 e. The second-order valence-corrected chi connectivity index (χ2v) is 3.80. The van der Waals surface area contributed by atoms with Crippen molar-refractivity contribution in [3.05, 3.63) is 0 Å². The topological polar surface area (TPSA) is 32.3 Å². The SMILES string of the molecule is CCN(C)C(=O)NC1CCCCC1. The molecule has 1 saturated carbocycles. The van der Waals surface area contributed by atoms with Crippen molar-refractivity contribution < 1.29 is 4.79 Å². The summed E-state index contributed by atoms with van der Waals surface area (Å²) in [5.74, 6) is 0. The largest absolute Gasteiger partial charge is 0.335 e. The molecule has 1 rings (SSSR count). The van der Waals surface area contributed by atoms with E-state index in [1.807, 2.05) is 14.0 Å². The minimum absolute atomic E-state index is 0.0781. The van der Waals surface area contributed by atoms with E-state index in [0.29, 0.717) is 6.04 Å². The van der Waals surface area contributed by atoms with Crippen LogP contribution in [0.5, 0.6) is 0 Å². The second-order valence-electron chi connectivity index (χ2n) is 3.80. The smallest absolute Gasteiger partial charge is 0.317 e. The van der Waals surface area contributed by atoms with Gasteiger partial charge in [-0.2, -0.15) is 0 Å². The molecule has 13 heavy (non-hydrogen) atoms. The monoisotopic (exact) mass is 184 g/mol. The van der Waals surface area contributed by atoms with Gasteiger partial charge >= 0.3 is 6.03 Å². The van der Waals surface area contributed by atoms with E-state index in [-0.39, 0.29) is 6.03 Å². The van der Waals surface area contributed by atoms with Crippen LogP contribution in [0.3, 0.4) is 0 Å². The lowest BCUT2D eigenvalue weighted by atomic mass is 9.96. The summed E-state index contributed by atoms with van der Waals surface area (Å²) in [6, 6.07) is 0.504. The number of amides is 2. The number of hydrogen-bond donors (Lipinski definition) is 1. The van der Waals surface area contributed by atoms with Gasteiger partial charge in [0.2, 0.25) is 0 Å². The molecule has 1 fully saturated rings. The highest BCUT2D eigenvalue weighted by molar-refractivity contribution is 5.74. The lowest BCUT2D eigenvalue weighted by Crippen LogP contribution is -2.43. The molecule has 0 heterocycles. The average Bonchev–Trinajstić information content (AvgIpc) is 2.18. The molecule has 76 valence electrons. The quantitative estimate of drug-likeness (QED) is 0.699. The van der Waals surface area contributed by atoms with E-state index in [0.717, 1.165) is 19.4 Å². The van der Waals surface area contributed by atoms with Crippen LogP contribution in [0.25, 0.3) is 0 Å². The Hall–Kier alpha value is -0.730. The molecule has 1 aliphatic carbocycles. The zero-order chi connectivity index (χ0) is 9.68. The summed E-state index contributed by atoms with van der Waals surface area (Å²) in [5, 5.41) is 3.06. The fourth-order valence-electron chi connectivity index (χ4n) is 1.68. The summed E-state index contributed by atoms with van der Waals surface area (Å²) in [6.45, 7) is 2.76. The summed E-state index contributed by atoms with van der Waals surface area (Å²) in [7, 11) is 1.83. The van der Waals surface area contributed by atoms with Crippen LogP contribution in [-0.4, -0.2) is 30.6 Å². The molecule has 0 saturated heterocycles. The predicted molar refractivity (Wildman–Crippen MR) is 53.7 cm³/mol. The van der Waals surface area contributed by atoms with E-state index in [1.54, 1.807) is 4.90 Å². The van der Waals surface area contributed by atoms with E-state index >= 15 is 0 Å². The number of rotatable bonds is 2. The predicted octanol–water partition coefficient (Wildman–Crippen LogP) is 1.98. The first kappa shape index (κ1) is 10.4. The Morgan fingerprint density at radius 2 is 2.00 bits per heavy atom. The van der Waals surface area contributed by atoms with Crippen LogP contribution in [0, 0.1) is 0 Å². The van der Waals surface area contributed by atoms with Crippen molar-refractivity contribution in [1.82, 2.24) is 10.2 Å². The number of hydrogen-bond acceptors (Lipinski definition) is 1. The van der Waals surface area contributed by atoms with Crippen LogP contribution in [0.15, 0.2) is 0 Å². The average molecular weight is 184 g/mol. The van der Waals surface area contributed by atoms with Crippen molar-refractivity contribution in [3.8, 4) is 0 Å². The zero-order valence-corrected chi connectivity index (χ0v) is 8.68. The number of urea groups is 1. The molecule has 1 N–H and O–H groups in total. The standard InChI is InChI=1S/C10H20N2O/c1-3-12(2)10(13)11-9-7-5-4-6-8-9/h9H,3-8H2,1-2H3,(H,11,13). The van der Waals surface area contributed by atoms with Gasteiger partial charge in [0.05, 0.1) is 0 Å². The number of carbonyl (C=O) groups excluding carboxylic acids is 1. The third-order valence-electron chi connectivity index (χ3n) is 2.75. The van der Waals surface area contributed by atoms with Gasteiger partial charge < -0.3 is 10.2 Å². The van der Waals surface area contributed by atoms with Crippen molar-refractivity contribution in [2.24, 2.45) is 0 Å². The highest BCUT2D eigenvalue weighted by Gasteiger charge is 2.16. The highest BCUT2D eigenvalue weighted by Crippen LogP contribution is 2.17. The van der Waals surface area contributed by atoms with Gasteiger partial charge in [0.15, 0.2) is 0 Å². The molecule has 0 aromatic rings. The maximum absolute atomic E-state index is 11.5. The molecule has 1 aliphatic rings. The van der Waals surface area contributed by atoms with Crippen LogP contribution in [0.1, 0.15) is 39.0 Å². The molecule has 3 nitrogen and oxygen atoms in total. The second kappa shape index (κ2) is 5.10. The van der Waals surface area contributed by atoms with Crippen LogP contribution in [0.4, 0.5) is 4.79 Å². The van der Waals surface area contributed by atoms with Gasteiger partial charge in [-0.1, -0.05) is 19.3 Å². The van der Waals surface area contributed by atoms with Crippen molar-refractivity contribution in [2.45, 2.75) is 45.1 Å². The molecular formula is C10H20N2O. The summed E-state index contributed by atoms with van der Waals surface area (Å²) in [4.78, 5) is 13.2. The van der Waals surface area contributed by atoms with E-state index < -0.39 is 0 Å². The third-order valence-corrected chi connectivity index (χ3v) is 2.75. The molecular weight excluding hydrogens is 164 g/mol. The Morgan fingerprint density at radius 1 is 1.38 bits per heavy atom. The normalized spacial score (nSPS) is 18.3. The molecule has 2 amide bonds. The van der Waals surface area contributed by atoms with E-state index in [4.69, 9.17) is 0 Å². The zero-order valence-electron chi connectivity index (χ0n) is 8.68. The van der Waals surface area contributed by atoms with Crippen LogP contribution < -0.4 is 5.32 Å². The van der Waals surface area contributed by atoms with Gasteiger partial charge in [-0.3, -0.25) is 0 Å². The third kappa shape index (κ3) is 3.25. The molecule has 0 unspecified atom stereocenters. The fraction of sp³-hybridized carbons (Fsp3) is 0.900. The Kier molecular flexibility index (Phi) is 4.06. The maximum atomic E-state index is 11.5. The van der Waals surface area contributed by atoms with Gasteiger partial charge in [0.1, 0.15) is 0 Å². The Morgan fingerprint density at radius 3 is 2.54 bits per heavy atom. The molecule has 0 radical (unpaired) electrons. The van der Waals surface area contributed by atoms with Gasteiger partial charge in [-0.25, -0.2) is 4.79 Å². The lowest BCUT2D eigenvalue weighted by Gasteiger charge is -2.25. The van der Waals surface area contributed by atoms with Crippen molar-refractivity contribution in [1.29, 1.82) is 0 Å². The van der Waals surface area contributed by atoms with Gasteiger partial charge in [0, 0.05) is 19.6 Å². The first-order valence-electron chi connectivity index (χ1n) is 5.25. The molecule has 3 heteroatoms. The molecule has 0 aliphatic heterocycles. The summed E-state index contributed by atoms with van der Waals surface area (Å²) in [6.07, 6.45) is 6.17. The molecule has 0 atom stereocenters. The summed E-state index contributed by atoms with van der Waals surface area (Å²) >= 11 is 0. The van der Waals surface area contributed by atoms with Gasteiger partial charge in [-0.05, 0) is 19.8 Å². The summed E-state index contributed by atoms with van der Waals surface area (Å²) < 4.78 is 0. The number of nitrogens with one attached hydrogen (secondary N) is 1. The molecule has 0 aromatic carbocycles. The van der Waals surface area contributed by atoms with Crippen molar-refractivity contribution >= 4 is 6.03 Å². The first-order chi connectivity index (χ1) is 6.24. The number of nitrogens with zero attached hydrogens (tertiary/aromatic N) is 1. The van der Waals surface area contributed by atoms with Gasteiger partial charge in [0.25, 0.3) is 0 Å². The molecule has 0 aromatic heterocycles. The van der Waals surface area contributed by atoms with E-state index in [9.17, 15) is 4.79 Å². The minimum atomic E-state index is 0.0781. The van der Waals surface area contributed by atoms with Crippen LogP contribution in [-0.2, 0) is 0 Å². The van der Waals surface area contributed by atoms with E-state index in [1.165, 1.54) is 19.3 Å². The molecule has 0 bridgehead atoms. The Balaban J connectivity index is 2.26. The van der Waals surface area contributed by atoms with Gasteiger partial charge in [-0.15, -0.1) is 0 Å². The Labute approximate surface area is 80.5 Å². The summed E-state index contributed by atoms with van der Waals surface area (Å²) in [5.41, 5.74) is 0. The molecule has 0 spiro atoms. The number of carbonyl (C=O) groups is 1.